The minimum Gasteiger partial charge on any atom is -0.372 e. The summed E-state index contributed by atoms with van der Waals surface area (Å²) in [4.78, 5) is 0. The van der Waals surface area contributed by atoms with Crippen molar-refractivity contribution in [1.29, 1.82) is 0 Å². The van der Waals surface area contributed by atoms with Gasteiger partial charge in [-0.05, 0) is 30.0 Å². The van der Waals surface area contributed by atoms with Crippen LogP contribution in [0.4, 0.5) is 5.69 Å². The lowest BCUT2D eigenvalue weighted by molar-refractivity contribution is 0.866. The molecule has 0 amide bonds. The van der Waals surface area contributed by atoms with Crippen LogP contribution in [0.25, 0.3) is 0 Å². The molecule has 1 aromatic rings. The SMILES string of the molecule is Cc1ccc(C(C)C)cc1NCN. The van der Waals surface area contributed by atoms with Crippen LogP contribution in [-0.4, -0.2) is 6.67 Å². The molecule has 0 aromatic heterocycles. The van der Waals surface area contributed by atoms with Gasteiger partial charge in [-0.25, -0.2) is 0 Å². The molecule has 0 atom stereocenters. The minimum atomic E-state index is 0.488. The molecule has 13 heavy (non-hydrogen) atoms. The highest BCUT2D eigenvalue weighted by molar-refractivity contribution is 5.53. The largest absolute Gasteiger partial charge is 0.372 e. The summed E-state index contributed by atoms with van der Waals surface area (Å²) in [6.07, 6.45) is 0. The molecule has 0 aliphatic rings. The van der Waals surface area contributed by atoms with Crippen molar-refractivity contribution >= 4 is 5.69 Å². The molecule has 2 heteroatoms. The molecule has 0 aliphatic heterocycles. The number of nitrogens with two attached hydrogens (primary N) is 1. The Morgan fingerprint density at radius 2 is 2.08 bits per heavy atom. The predicted octanol–water partition coefficient (Wildman–Crippen LogP) is 2.45. The quantitative estimate of drug-likeness (QED) is 0.698. The van der Waals surface area contributed by atoms with Gasteiger partial charge >= 0.3 is 0 Å². The van der Waals surface area contributed by atoms with Crippen LogP contribution in [0.5, 0.6) is 0 Å². The van der Waals surface area contributed by atoms with Crippen molar-refractivity contribution in [3.63, 3.8) is 0 Å². The maximum atomic E-state index is 5.44. The Balaban J connectivity index is 2.97. The first kappa shape index (κ1) is 10.1. The van der Waals surface area contributed by atoms with Gasteiger partial charge in [-0.1, -0.05) is 26.0 Å². The van der Waals surface area contributed by atoms with Crippen LogP contribution >= 0.6 is 0 Å². The molecule has 0 spiro atoms. The van der Waals surface area contributed by atoms with Crippen molar-refractivity contribution < 1.29 is 0 Å². The Labute approximate surface area is 80.1 Å². The molecule has 0 saturated heterocycles. The molecule has 2 nitrogen and oxygen atoms in total. The summed E-state index contributed by atoms with van der Waals surface area (Å²) >= 11 is 0. The van der Waals surface area contributed by atoms with Crippen molar-refractivity contribution in [1.82, 2.24) is 0 Å². The topological polar surface area (TPSA) is 38.0 Å². The van der Waals surface area contributed by atoms with Crippen molar-refractivity contribution in [3.05, 3.63) is 29.3 Å². The van der Waals surface area contributed by atoms with E-state index < -0.39 is 0 Å². The Hall–Kier alpha value is -1.02. The summed E-state index contributed by atoms with van der Waals surface area (Å²) in [5.41, 5.74) is 9.19. The van der Waals surface area contributed by atoms with E-state index in [-0.39, 0.29) is 0 Å². The Kier molecular flexibility index (Phi) is 3.32. The number of aryl methyl sites for hydroxylation is 1. The molecule has 0 radical (unpaired) electrons. The summed E-state index contributed by atoms with van der Waals surface area (Å²) in [5, 5.41) is 3.15. The molecule has 0 unspecified atom stereocenters. The van der Waals surface area contributed by atoms with Crippen LogP contribution in [0, 0.1) is 6.92 Å². The summed E-state index contributed by atoms with van der Waals surface area (Å²) in [6.45, 7) is 6.96. The molecule has 0 heterocycles. The molecule has 3 N–H and O–H groups in total. The fourth-order valence-corrected chi connectivity index (χ4v) is 1.30. The zero-order valence-electron chi connectivity index (χ0n) is 8.59. The van der Waals surface area contributed by atoms with Gasteiger partial charge in [0.2, 0.25) is 0 Å². The first-order chi connectivity index (χ1) is 6.15. The van der Waals surface area contributed by atoms with Crippen LogP contribution < -0.4 is 11.1 Å². The molecule has 0 bridgehead atoms. The van der Waals surface area contributed by atoms with Gasteiger partial charge in [0, 0.05) is 5.69 Å². The zero-order valence-corrected chi connectivity index (χ0v) is 8.59. The second kappa shape index (κ2) is 4.28. The van der Waals surface area contributed by atoms with Gasteiger partial charge in [0.05, 0.1) is 6.67 Å². The third kappa shape index (κ3) is 2.46. The Bertz CT molecular complexity index is 279. The highest BCUT2D eigenvalue weighted by Gasteiger charge is 2.02. The van der Waals surface area contributed by atoms with Gasteiger partial charge in [-0.2, -0.15) is 0 Å². The van der Waals surface area contributed by atoms with E-state index in [4.69, 9.17) is 5.73 Å². The van der Waals surface area contributed by atoms with E-state index in [1.54, 1.807) is 0 Å². The van der Waals surface area contributed by atoms with Crippen LogP contribution in [-0.2, 0) is 0 Å². The molecular formula is C11H18N2. The van der Waals surface area contributed by atoms with Crippen LogP contribution in [0.2, 0.25) is 0 Å². The Morgan fingerprint density at radius 3 is 2.62 bits per heavy atom. The van der Waals surface area contributed by atoms with Gasteiger partial charge in [0.15, 0.2) is 0 Å². The van der Waals surface area contributed by atoms with E-state index >= 15 is 0 Å². The van der Waals surface area contributed by atoms with E-state index in [1.165, 1.54) is 11.1 Å². The average molecular weight is 178 g/mol. The summed E-state index contributed by atoms with van der Waals surface area (Å²) in [6, 6.07) is 6.47. The van der Waals surface area contributed by atoms with Crippen molar-refractivity contribution in [2.45, 2.75) is 26.7 Å². The highest BCUT2D eigenvalue weighted by Crippen LogP contribution is 2.21. The lowest BCUT2D eigenvalue weighted by Crippen LogP contribution is -2.11. The second-order valence-corrected chi connectivity index (χ2v) is 3.61. The normalized spacial score (nSPS) is 10.5. The number of anilines is 1. The summed E-state index contributed by atoms with van der Waals surface area (Å²) in [7, 11) is 0. The van der Waals surface area contributed by atoms with Crippen LogP contribution in [0.15, 0.2) is 18.2 Å². The third-order valence-electron chi connectivity index (χ3n) is 2.22. The summed E-state index contributed by atoms with van der Waals surface area (Å²) in [5.74, 6) is 0.568. The maximum Gasteiger partial charge on any atom is 0.0628 e. The van der Waals surface area contributed by atoms with E-state index in [0.29, 0.717) is 12.6 Å². The molecule has 0 saturated carbocycles. The number of benzene rings is 1. The fraction of sp³-hybridized carbons (Fsp3) is 0.455. The van der Waals surface area contributed by atoms with Crippen LogP contribution in [0.1, 0.15) is 30.9 Å². The fourth-order valence-electron chi connectivity index (χ4n) is 1.30. The lowest BCUT2D eigenvalue weighted by atomic mass is 10.0. The second-order valence-electron chi connectivity index (χ2n) is 3.61. The number of hydrogen-bond donors (Lipinski definition) is 2. The van der Waals surface area contributed by atoms with E-state index in [9.17, 15) is 0 Å². The first-order valence-electron chi connectivity index (χ1n) is 4.69. The highest BCUT2D eigenvalue weighted by atomic mass is 15.0. The lowest BCUT2D eigenvalue weighted by Gasteiger charge is -2.11. The number of nitrogens with one attached hydrogen (secondary N) is 1. The molecule has 0 aliphatic carbocycles. The van der Waals surface area contributed by atoms with Crippen molar-refractivity contribution in [3.8, 4) is 0 Å². The van der Waals surface area contributed by atoms with Crippen LogP contribution in [0.3, 0.4) is 0 Å². The minimum absolute atomic E-state index is 0.488. The zero-order chi connectivity index (χ0) is 9.84. The maximum absolute atomic E-state index is 5.44. The number of rotatable bonds is 3. The molecule has 72 valence electrons. The molecule has 1 aromatic carbocycles. The van der Waals surface area contributed by atoms with Gasteiger partial charge < -0.3 is 11.1 Å². The molecule has 1 rings (SSSR count). The third-order valence-corrected chi connectivity index (χ3v) is 2.22. The molecule has 0 fully saturated rings. The molecular weight excluding hydrogens is 160 g/mol. The van der Waals surface area contributed by atoms with Gasteiger partial charge in [0.25, 0.3) is 0 Å². The smallest absolute Gasteiger partial charge is 0.0628 e. The van der Waals surface area contributed by atoms with Crippen molar-refractivity contribution in [2.24, 2.45) is 5.73 Å². The van der Waals surface area contributed by atoms with E-state index in [1.807, 2.05) is 0 Å². The van der Waals surface area contributed by atoms with Crippen molar-refractivity contribution in [2.75, 3.05) is 12.0 Å². The average Bonchev–Trinajstić information content (AvgIpc) is 2.08. The van der Waals surface area contributed by atoms with Gasteiger partial charge in [0.1, 0.15) is 0 Å². The van der Waals surface area contributed by atoms with E-state index in [2.05, 4.69) is 44.3 Å². The van der Waals surface area contributed by atoms with E-state index in [0.717, 1.165) is 5.69 Å². The first-order valence-corrected chi connectivity index (χ1v) is 4.69. The van der Waals surface area contributed by atoms with Gasteiger partial charge in [-0.3, -0.25) is 0 Å². The summed E-state index contributed by atoms with van der Waals surface area (Å²) < 4.78 is 0. The number of hydrogen-bond acceptors (Lipinski definition) is 2. The monoisotopic (exact) mass is 178 g/mol. The van der Waals surface area contributed by atoms with Gasteiger partial charge in [-0.15, -0.1) is 0 Å². The standard InChI is InChI=1S/C11H18N2/c1-8(2)10-5-4-9(3)11(6-10)13-7-12/h4-6,8,13H,7,12H2,1-3H3. The Morgan fingerprint density at radius 1 is 1.38 bits per heavy atom. The predicted molar refractivity (Wildman–Crippen MR) is 57.9 cm³/mol.